The average molecular weight is 383 g/mol. The lowest BCUT2D eigenvalue weighted by molar-refractivity contribution is 0.322. The highest BCUT2D eigenvalue weighted by atomic mass is 19.1. The lowest BCUT2D eigenvalue weighted by Crippen LogP contribution is -2.02. The summed E-state index contributed by atoms with van der Waals surface area (Å²) in [7, 11) is 0. The van der Waals surface area contributed by atoms with Crippen molar-refractivity contribution in [2.45, 2.75) is 13.8 Å². The predicted molar refractivity (Wildman–Crippen MR) is 99.2 cm³/mol. The minimum atomic E-state index is -0.707. The highest BCUT2D eigenvalue weighted by Crippen LogP contribution is 2.40. The van der Waals surface area contributed by atoms with Crippen molar-refractivity contribution < 1.29 is 23.6 Å². The second kappa shape index (κ2) is 6.49. The third-order valence-electron chi connectivity index (χ3n) is 4.61. The topological polar surface area (TPSA) is 83.8 Å². The van der Waals surface area contributed by atoms with Crippen LogP contribution in [-0.4, -0.2) is 26.3 Å². The van der Waals surface area contributed by atoms with Gasteiger partial charge < -0.3 is 19.4 Å². The Bertz CT molecular complexity index is 1220. The van der Waals surface area contributed by atoms with Crippen LogP contribution in [0.15, 0.2) is 46.1 Å². The van der Waals surface area contributed by atoms with Gasteiger partial charge in [-0.25, -0.2) is 8.78 Å². The van der Waals surface area contributed by atoms with E-state index in [1.807, 2.05) is 0 Å². The number of halogens is 2. The SMILES string of the molecule is Cc1noc(C)c1-c1c(/C=N/O)c2c(F)cccc2n1-c1ccc(O)cc1F. The van der Waals surface area contributed by atoms with Crippen molar-refractivity contribution >= 4 is 17.1 Å². The number of oxime groups is 1. The van der Waals surface area contributed by atoms with Crippen molar-refractivity contribution in [3.63, 3.8) is 0 Å². The van der Waals surface area contributed by atoms with Gasteiger partial charge in [-0.15, -0.1) is 0 Å². The smallest absolute Gasteiger partial charge is 0.150 e. The molecule has 0 bridgehead atoms. The van der Waals surface area contributed by atoms with Crippen LogP contribution in [0.4, 0.5) is 8.78 Å². The fourth-order valence-electron chi connectivity index (χ4n) is 3.50. The number of phenolic OH excluding ortho intramolecular Hbond substituents is 1. The average Bonchev–Trinajstić information content (AvgIpc) is 3.13. The van der Waals surface area contributed by atoms with Crippen LogP contribution < -0.4 is 0 Å². The number of phenols is 1. The first-order valence-corrected chi connectivity index (χ1v) is 8.36. The third kappa shape index (κ3) is 2.53. The maximum absolute atomic E-state index is 14.8. The second-order valence-electron chi connectivity index (χ2n) is 6.31. The first-order chi connectivity index (χ1) is 13.4. The quantitative estimate of drug-likeness (QED) is 0.305. The lowest BCUT2D eigenvalue weighted by Gasteiger charge is -2.13. The summed E-state index contributed by atoms with van der Waals surface area (Å²) in [4.78, 5) is 0. The zero-order valence-corrected chi connectivity index (χ0v) is 14.9. The highest BCUT2D eigenvalue weighted by Gasteiger charge is 2.27. The summed E-state index contributed by atoms with van der Waals surface area (Å²) in [5, 5.41) is 25.9. The molecule has 2 heterocycles. The monoisotopic (exact) mass is 383 g/mol. The molecule has 0 aliphatic rings. The van der Waals surface area contributed by atoms with Crippen molar-refractivity contribution in [1.82, 2.24) is 9.72 Å². The number of aryl methyl sites for hydroxylation is 2. The van der Waals surface area contributed by atoms with Crippen molar-refractivity contribution in [3.8, 4) is 22.7 Å². The molecule has 0 aliphatic heterocycles. The molecule has 2 aromatic carbocycles. The van der Waals surface area contributed by atoms with Crippen LogP contribution in [0, 0.1) is 25.5 Å². The van der Waals surface area contributed by atoms with Crippen molar-refractivity contribution in [3.05, 3.63) is 65.1 Å². The maximum Gasteiger partial charge on any atom is 0.150 e. The van der Waals surface area contributed by atoms with E-state index in [0.29, 0.717) is 28.2 Å². The van der Waals surface area contributed by atoms with Crippen molar-refractivity contribution in [2.75, 3.05) is 0 Å². The maximum atomic E-state index is 14.8. The molecule has 8 heteroatoms. The van der Waals surface area contributed by atoms with Gasteiger partial charge in [0.05, 0.1) is 34.4 Å². The van der Waals surface area contributed by atoms with E-state index < -0.39 is 11.6 Å². The summed E-state index contributed by atoms with van der Waals surface area (Å²) in [6.45, 7) is 3.39. The lowest BCUT2D eigenvalue weighted by atomic mass is 10.0. The summed E-state index contributed by atoms with van der Waals surface area (Å²) in [6, 6.07) is 8.09. The molecule has 0 unspecified atom stereocenters. The Labute approximate surface area is 157 Å². The minimum Gasteiger partial charge on any atom is -0.508 e. The molecule has 142 valence electrons. The molecule has 0 spiro atoms. The van der Waals surface area contributed by atoms with Crippen molar-refractivity contribution in [2.24, 2.45) is 5.16 Å². The van der Waals surface area contributed by atoms with E-state index in [9.17, 15) is 19.1 Å². The number of fused-ring (bicyclic) bond motifs is 1. The minimum absolute atomic E-state index is 0.0842. The van der Waals surface area contributed by atoms with Crippen LogP contribution in [0.3, 0.4) is 0 Å². The fraction of sp³-hybridized carbons (Fsp3) is 0.100. The molecule has 0 amide bonds. The van der Waals surface area contributed by atoms with E-state index >= 15 is 0 Å². The van der Waals surface area contributed by atoms with Gasteiger partial charge in [0.25, 0.3) is 0 Å². The van der Waals surface area contributed by atoms with Crippen molar-refractivity contribution in [1.29, 1.82) is 0 Å². The number of benzene rings is 2. The largest absolute Gasteiger partial charge is 0.508 e. The third-order valence-corrected chi connectivity index (χ3v) is 4.61. The predicted octanol–water partition coefficient (Wildman–Crippen LogP) is 4.69. The van der Waals surface area contributed by atoms with E-state index in [1.54, 1.807) is 19.9 Å². The fourth-order valence-corrected chi connectivity index (χ4v) is 3.50. The van der Waals surface area contributed by atoms with E-state index in [-0.39, 0.29) is 22.4 Å². The van der Waals surface area contributed by atoms with Gasteiger partial charge in [0, 0.05) is 17.0 Å². The number of hydrogen-bond acceptors (Lipinski definition) is 5. The van der Waals surface area contributed by atoms with E-state index in [4.69, 9.17) is 4.52 Å². The molecule has 0 aliphatic carbocycles. The summed E-state index contributed by atoms with van der Waals surface area (Å²) in [5.74, 6) is -1.06. The number of hydrogen-bond donors (Lipinski definition) is 2. The standard InChI is InChI=1S/C20H15F2N3O3/c1-10-18(11(2)28-24-10)20-13(9-23-27)19-14(21)4-3-5-17(19)25(20)16-7-6-12(26)8-15(16)22/h3-9,26-27H,1-2H3/b23-9+. The van der Waals surface area contributed by atoms with E-state index in [1.165, 1.54) is 28.8 Å². The number of aromatic hydroxyl groups is 1. The van der Waals surface area contributed by atoms with Gasteiger partial charge in [0.2, 0.25) is 0 Å². The summed E-state index contributed by atoms with van der Waals surface area (Å²) in [5.41, 5.74) is 2.08. The molecule has 0 fully saturated rings. The highest BCUT2D eigenvalue weighted by molar-refractivity contribution is 6.08. The van der Waals surface area contributed by atoms with Gasteiger partial charge in [-0.3, -0.25) is 0 Å². The molecule has 0 saturated carbocycles. The first-order valence-electron chi connectivity index (χ1n) is 8.36. The normalized spacial score (nSPS) is 11.7. The molecule has 4 aromatic rings. The summed E-state index contributed by atoms with van der Waals surface area (Å²) in [6.07, 6.45) is 1.10. The van der Waals surface area contributed by atoms with Gasteiger partial charge in [-0.1, -0.05) is 16.4 Å². The van der Waals surface area contributed by atoms with Gasteiger partial charge >= 0.3 is 0 Å². The molecule has 28 heavy (non-hydrogen) atoms. The second-order valence-corrected chi connectivity index (χ2v) is 6.31. The van der Waals surface area contributed by atoms with Crippen LogP contribution in [0.1, 0.15) is 17.0 Å². The molecular formula is C20H15F2N3O3. The summed E-state index contributed by atoms with van der Waals surface area (Å²) >= 11 is 0. The Morgan fingerprint density at radius 1 is 1.14 bits per heavy atom. The Morgan fingerprint density at radius 2 is 1.93 bits per heavy atom. The Morgan fingerprint density at radius 3 is 2.57 bits per heavy atom. The van der Waals surface area contributed by atoms with Gasteiger partial charge in [0.1, 0.15) is 17.3 Å². The first kappa shape index (κ1) is 17.7. The number of rotatable bonds is 3. The van der Waals surface area contributed by atoms with Gasteiger partial charge in [-0.2, -0.15) is 0 Å². The van der Waals surface area contributed by atoms with Crippen LogP contribution in [0.25, 0.3) is 27.8 Å². The van der Waals surface area contributed by atoms with E-state index in [2.05, 4.69) is 10.3 Å². The number of aromatic nitrogens is 2. The zero-order valence-electron chi connectivity index (χ0n) is 14.9. The van der Waals surface area contributed by atoms with Gasteiger partial charge in [-0.05, 0) is 38.1 Å². The Hall–Kier alpha value is -3.68. The Balaban J connectivity index is 2.26. The molecule has 2 N–H and O–H groups in total. The Kier molecular flexibility index (Phi) is 4.11. The molecule has 6 nitrogen and oxygen atoms in total. The van der Waals surface area contributed by atoms with E-state index in [0.717, 1.165) is 12.3 Å². The van der Waals surface area contributed by atoms with Crippen LogP contribution in [0.2, 0.25) is 0 Å². The van der Waals surface area contributed by atoms with Crippen LogP contribution in [0.5, 0.6) is 5.75 Å². The molecule has 4 rings (SSSR count). The summed E-state index contributed by atoms with van der Waals surface area (Å²) < 4.78 is 36.3. The molecule has 2 aromatic heterocycles. The van der Waals surface area contributed by atoms with Crippen LogP contribution in [-0.2, 0) is 0 Å². The molecule has 0 saturated heterocycles. The zero-order chi connectivity index (χ0) is 20.0. The molecule has 0 atom stereocenters. The molecule has 0 radical (unpaired) electrons. The number of nitrogens with zero attached hydrogens (tertiary/aromatic N) is 3. The van der Waals surface area contributed by atoms with Gasteiger partial charge in [0.15, 0.2) is 5.82 Å². The molecular weight excluding hydrogens is 368 g/mol. The van der Waals surface area contributed by atoms with Crippen LogP contribution >= 0.6 is 0 Å².